The van der Waals surface area contributed by atoms with E-state index < -0.39 is 17.6 Å². The van der Waals surface area contributed by atoms with Crippen molar-refractivity contribution in [3.8, 4) is 0 Å². The normalized spacial score (nSPS) is 19.9. The van der Waals surface area contributed by atoms with Crippen LogP contribution in [0.3, 0.4) is 0 Å². The average molecular weight is 409 g/mol. The Hall–Kier alpha value is -2.35. The van der Waals surface area contributed by atoms with Crippen LogP contribution in [0.5, 0.6) is 0 Å². The molecule has 8 heteroatoms. The number of hydrogen-bond acceptors (Lipinski definition) is 4. The van der Waals surface area contributed by atoms with Crippen molar-refractivity contribution >= 4 is 5.91 Å². The first-order chi connectivity index (χ1) is 13.7. The van der Waals surface area contributed by atoms with Crippen LogP contribution in [0.4, 0.5) is 13.2 Å². The number of carbonyl (C=O) groups is 1. The van der Waals surface area contributed by atoms with Gasteiger partial charge in [0.15, 0.2) is 0 Å². The van der Waals surface area contributed by atoms with Gasteiger partial charge < -0.3 is 15.2 Å². The Balaban J connectivity index is 1.44. The highest BCUT2D eigenvalue weighted by molar-refractivity contribution is 5.94. The lowest BCUT2D eigenvalue weighted by Gasteiger charge is -2.29. The van der Waals surface area contributed by atoms with Gasteiger partial charge in [-0.1, -0.05) is 5.16 Å². The van der Waals surface area contributed by atoms with Crippen molar-refractivity contribution in [3.05, 3.63) is 52.4 Å². The molecule has 5 nitrogen and oxygen atoms in total. The summed E-state index contributed by atoms with van der Waals surface area (Å²) in [6.07, 6.45) is -0.577. The Labute approximate surface area is 168 Å². The summed E-state index contributed by atoms with van der Waals surface area (Å²) in [7, 11) is 0. The molecule has 1 aromatic carbocycles. The minimum Gasteiger partial charge on any atom is -0.361 e. The van der Waals surface area contributed by atoms with E-state index in [0.717, 1.165) is 49.3 Å². The van der Waals surface area contributed by atoms with Gasteiger partial charge in [-0.15, -0.1) is 0 Å². The third-order valence-electron chi connectivity index (χ3n) is 5.31. The molecule has 158 valence electrons. The highest BCUT2D eigenvalue weighted by atomic mass is 19.4. The number of nitrogens with one attached hydrogen (secondary N) is 2. The molecule has 1 heterocycles. The van der Waals surface area contributed by atoms with Crippen LogP contribution in [-0.2, 0) is 12.7 Å². The van der Waals surface area contributed by atoms with Crippen LogP contribution in [0.2, 0.25) is 0 Å². The zero-order valence-electron chi connectivity index (χ0n) is 16.6. The number of hydrogen-bond donors (Lipinski definition) is 2. The van der Waals surface area contributed by atoms with Crippen molar-refractivity contribution in [2.75, 3.05) is 6.54 Å². The molecule has 0 aliphatic heterocycles. The van der Waals surface area contributed by atoms with Gasteiger partial charge in [0.1, 0.15) is 5.76 Å². The molecule has 1 aliphatic rings. The predicted molar refractivity (Wildman–Crippen MR) is 102 cm³/mol. The second-order valence-corrected chi connectivity index (χ2v) is 7.82. The van der Waals surface area contributed by atoms with E-state index >= 15 is 0 Å². The molecule has 2 N–H and O–H groups in total. The first-order valence-corrected chi connectivity index (χ1v) is 9.83. The molecule has 1 amide bonds. The monoisotopic (exact) mass is 409 g/mol. The number of halogens is 3. The van der Waals surface area contributed by atoms with Crippen LogP contribution in [0.15, 0.2) is 28.8 Å². The van der Waals surface area contributed by atoms with Gasteiger partial charge in [0.2, 0.25) is 0 Å². The maximum Gasteiger partial charge on any atom is 0.416 e. The molecule has 1 aromatic heterocycles. The van der Waals surface area contributed by atoms with Crippen LogP contribution in [0.1, 0.15) is 58.6 Å². The third kappa shape index (κ3) is 6.06. The molecule has 1 fully saturated rings. The summed E-state index contributed by atoms with van der Waals surface area (Å²) in [4.78, 5) is 12.3. The Bertz CT molecular complexity index is 840. The lowest BCUT2D eigenvalue weighted by Crippen LogP contribution is -2.36. The maximum atomic E-state index is 13.0. The summed E-state index contributed by atoms with van der Waals surface area (Å²) in [5.41, 5.74) is 0.555. The van der Waals surface area contributed by atoms with Gasteiger partial charge >= 0.3 is 6.18 Å². The summed E-state index contributed by atoms with van der Waals surface area (Å²) in [6.45, 7) is 4.55. The molecule has 0 unspecified atom stereocenters. The molecule has 0 radical (unpaired) electrons. The van der Waals surface area contributed by atoms with E-state index in [9.17, 15) is 18.0 Å². The van der Waals surface area contributed by atoms with Crippen LogP contribution < -0.4 is 10.6 Å². The molecular weight excluding hydrogens is 383 g/mol. The lowest BCUT2D eigenvalue weighted by atomic mass is 9.86. The van der Waals surface area contributed by atoms with Crippen molar-refractivity contribution in [1.29, 1.82) is 0 Å². The van der Waals surface area contributed by atoms with Gasteiger partial charge in [-0.2, -0.15) is 13.2 Å². The minimum atomic E-state index is -4.46. The lowest BCUT2D eigenvalue weighted by molar-refractivity contribution is -0.137. The van der Waals surface area contributed by atoms with Crippen molar-refractivity contribution in [1.82, 2.24) is 15.8 Å². The van der Waals surface area contributed by atoms with Gasteiger partial charge in [-0.05, 0) is 69.2 Å². The summed E-state index contributed by atoms with van der Waals surface area (Å²) in [6, 6.07) is 5.74. The van der Waals surface area contributed by atoms with E-state index in [4.69, 9.17) is 4.52 Å². The van der Waals surface area contributed by atoms with Crippen molar-refractivity contribution in [2.24, 2.45) is 5.92 Å². The molecule has 0 spiro atoms. The molecule has 0 saturated heterocycles. The van der Waals surface area contributed by atoms with Crippen LogP contribution in [-0.4, -0.2) is 23.7 Å². The highest BCUT2D eigenvalue weighted by Crippen LogP contribution is 2.30. The SMILES string of the molecule is Cc1cc(C(=O)NC[C@H]2CC[C@@H](NCc3cc(C)on3)CC2)cc(C(F)(F)F)c1. The van der Waals surface area contributed by atoms with Gasteiger partial charge in [0.25, 0.3) is 5.91 Å². The number of amides is 1. The number of benzene rings is 1. The Morgan fingerprint density at radius 3 is 2.48 bits per heavy atom. The van der Waals surface area contributed by atoms with E-state index in [2.05, 4.69) is 15.8 Å². The van der Waals surface area contributed by atoms with Gasteiger partial charge in [0.05, 0.1) is 11.3 Å². The van der Waals surface area contributed by atoms with Gasteiger partial charge in [-0.3, -0.25) is 4.79 Å². The molecule has 29 heavy (non-hydrogen) atoms. The Morgan fingerprint density at radius 1 is 1.14 bits per heavy atom. The fourth-order valence-electron chi connectivity index (χ4n) is 3.74. The molecule has 1 saturated carbocycles. The van der Waals surface area contributed by atoms with Crippen molar-refractivity contribution in [2.45, 2.75) is 58.3 Å². The molecule has 1 aliphatic carbocycles. The number of nitrogens with zero attached hydrogens (tertiary/aromatic N) is 1. The zero-order chi connectivity index (χ0) is 21.0. The summed E-state index contributed by atoms with van der Waals surface area (Å²) in [5.74, 6) is 0.663. The molecule has 0 bridgehead atoms. The molecular formula is C21H26F3N3O2. The standard InChI is InChI=1S/C21H26F3N3O2/c1-13-7-16(10-17(8-13)21(22,23)24)20(28)26-11-15-3-5-18(6-4-15)25-12-19-9-14(2)29-27-19/h7-10,15,18,25H,3-6,11-12H2,1-2H3,(H,26,28)/t15-,18+. The first-order valence-electron chi connectivity index (χ1n) is 9.83. The largest absolute Gasteiger partial charge is 0.416 e. The Morgan fingerprint density at radius 2 is 1.86 bits per heavy atom. The first kappa shape index (κ1) is 21.4. The van der Waals surface area contributed by atoms with E-state index in [1.165, 1.54) is 6.07 Å². The fraction of sp³-hybridized carbons (Fsp3) is 0.524. The second kappa shape index (κ2) is 8.98. The number of carbonyl (C=O) groups excluding carboxylic acids is 1. The average Bonchev–Trinajstić information content (AvgIpc) is 3.09. The van der Waals surface area contributed by atoms with E-state index in [1.54, 1.807) is 6.92 Å². The quantitative estimate of drug-likeness (QED) is 0.743. The highest BCUT2D eigenvalue weighted by Gasteiger charge is 2.31. The van der Waals surface area contributed by atoms with Gasteiger partial charge in [0, 0.05) is 30.8 Å². The Kier molecular flexibility index (Phi) is 6.62. The van der Waals surface area contributed by atoms with Crippen LogP contribution >= 0.6 is 0 Å². The fourth-order valence-corrected chi connectivity index (χ4v) is 3.74. The van der Waals surface area contributed by atoms with Crippen molar-refractivity contribution in [3.63, 3.8) is 0 Å². The number of rotatable bonds is 6. The molecule has 2 aromatic rings. The summed E-state index contributed by atoms with van der Waals surface area (Å²) in [5, 5.41) is 10.2. The second-order valence-electron chi connectivity index (χ2n) is 7.82. The van der Waals surface area contributed by atoms with E-state index in [1.807, 2.05) is 13.0 Å². The van der Waals surface area contributed by atoms with E-state index in [0.29, 0.717) is 30.6 Å². The summed E-state index contributed by atoms with van der Waals surface area (Å²) < 4.78 is 43.9. The topological polar surface area (TPSA) is 67.2 Å². The number of aryl methyl sites for hydroxylation is 2. The number of aromatic nitrogens is 1. The zero-order valence-corrected chi connectivity index (χ0v) is 16.6. The molecule has 0 atom stereocenters. The van der Waals surface area contributed by atoms with Gasteiger partial charge in [-0.25, -0.2) is 0 Å². The van der Waals surface area contributed by atoms with Crippen LogP contribution in [0.25, 0.3) is 0 Å². The summed E-state index contributed by atoms with van der Waals surface area (Å²) >= 11 is 0. The van der Waals surface area contributed by atoms with Crippen molar-refractivity contribution < 1.29 is 22.5 Å². The maximum absolute atomic E-state index is 13.0. The number of alkyl halides is 3. The predicted octanol–water partition coefficient (Wildman–Crippen LogP) is 4.39. The third-order valence-corrected chi connectivity index (χ3v) is 5.31. The smallest absolute Gasteiger partial charge is 0.361 e. The minimum absolute atomic E-state index is 0.0515. The van der Waals surface area contributed by atoms with Crippen LogP contribution in [0, 0.1) is 19.8 Å². The van der Waals surface area contributed by atoms with E-state index in [-0.39, 0.29) is 5.56 Å². The molecule has 3 rings (SSSR count).